The Morgan fingerprint density at radius 2 is 1.93 bits per heavy atom. The standard InChI is InChI=1S/C11H20BBrO2/c1-11(2)9-14-12(15-10-11)7-5-3-4-6-8-13/h5,7H,3-4,6,8-10H2,1-2H3/b7-5+. The third-order valence-electron chi connectivity index (χ3n) is 2.32. The maximum absolute atomic E-state index is 5.58. The summed E-state index contributed by atoms with van der Waals surface area (Å²) in [4.78, 5) is 0. The van der Waals surface area contributed by atoms with Crippen LogP contribution in [0.1, 0.15) is 33.1 Å². The molecule has 1 fully saturated rings. The van der Waals surface area contributed by atoms with Crippen LogP contribution in [-0.2, 0) is 9.31 Å². The van der Waals surface area contributed by atoms with Crippen molar-refractivity contribution in [3.05, 3.63) is 12.1 Å². The molecule has 86 valence electrons. The average molecular weight is 275 g/mol. The van der Waals surface area contributed by atoms with E-state index in [-0.39, 0.29) is 12.5 Å². The number of halogens is 1. The minimum Gasteiger partial charge on any atom is -0.407 e. The monoisotopic (exact) mass is 274 g/mol. The summed E-state index contributed by atoms with van der Waals surface area (Å²) in [6.45, 7) is 5.87. The predicted octanol–water partition coefficient (Wildman–Crippen LogP) is 3.21. The van der Waals surface area contributed by atoms with Crippen molar-refractivity contribution in [1.29, 1.82) is 0 Å². The van der Waals surface area contributed by atoms with Crippen molar-refractivity contribution in [2.24, 2.45) is 5.41 Å². The molecule has 0 spiro atoms. The molecule has 2 nitrogen and oxygen atoms in total. The second-order valence-electron chi connectivity index (χ2n) is 4.77. The molecule has 1 heterocycles. The number of unbranched alkanes of at least 4 members (excludes halogenated alkanes) is 2. The molecule has 0 radical (unpaired) electrons. The van der Waals surface area contributed by atoms with Crippen LogP contribution in [0.25, 0.3) is 0 Å². The van der Waals surface area contributed by atoms with E-state index in [0.29, 0.717) is 0 Å². The first-order valence-corrected chi connectivity index (χ1v) is 6.72. The van der Waals surface area contributed by atoms with Gasteiger partial charge in [0, 0.05) is 24.0 Å². The smallest absolute Gasteiger partial charge is 0.407 e. The van der Waals surface area contributed by atoms with Crippen LogP contribution >= 0.6 is 15.9 Å². The van der Waals surface area contributed by atoms with Crippen LogP contribution < -0.4 is 0 Å². The van der Waals surface area contributed by atoms with E-state index in [0.717, 1.165) is 25.0 Å². The van der Waals surface area contributed by atoms with Gasteiger partial charge in [0.05, 0.1) is 0 Å². The van der Waals surface area contributed by atoms with Gasteiger partial charge in [0.15, 0.2) is 0 Å². The number of allylic oxidation sites excluding steroid dienone is 1. The van der Waals surface area contributed by atoms with Crippen molar-refractivity contribution in [2.75, 3.05) is 18.5 Å². The highest BCUT2D eigenvalue weighted by Crippen LogP contribution is 2.21. The molecule has 0 aromatic rings. The predicted molar refractivity (Wildman–Crippen MR) is 68.2 cm³/mol. The van der Waals surface area contributed by atoms with Crippen LogP contribution in [0.3, 0.4) is 0 Å². The first-order valence-electron chi connectivity index (χ1n) is 5.60. The molecule has 1 saturated heterocycles. The fourth-order valence-corrected chi connectivity index (χ4v) is 1.78. The molecule has 1 aliphatic heterocycles. The second-order valence-corrected chi connectivity index (χ2v) is 5.56. The van der Waals surface area contributed by atoms with Gasteiger partial charge in [-0.1, -0.05) is 41.8 Å². The zero-order chi connectivity index (χ0) is 11.1. The SMILES string of the molecule is CC1(C)COB(/C=C/CCCCBr)OC1. The Labute approximate surface area is 102 Å². The molecule has 0 atom stereocenters. The number of hydrogen-bond acceptors (Lipinski definition) is 2. The van der Waals surface area contributed by atoms with Crippen molar-refractivity contribution in [2.45, 2.75) is 33.1 Å². The highest BCUT2D eigenvalue weighted by Gasteiger charge is 2.29. The van der Waals surface area contributed by atoms with Crippen LogP contribution in [-0.4, -0.2) is 25.7 Å². The van der Waals surface area contributed by atoms with Gasteiger partial charge in [-0.15, -0.1) is 0 Å². The Hall–Kier alpha value is 0.205. The quantitative estimate of drug-likeness (QED) is 0.435. The van der Waals surface area contributed by atoms with Gasteiger partial charge < -0.3 is 9.31 Å². The van der Waals surface area contributed by atoms with E-state index < -0.39 is 0 Å². The van der Waals surface area contributed by atoms with Crippen molar-refractivity contribution in [1.82, 2.24) is 0 Å². The Balaban J connectivity index is 2.12. The molecular weight excluding hydrogens is 255 g/mol. The molecule has 4 heteroatoms. The van der Waals surface area contributed by atoms with Crippen molar-refractivity contribution in [3.8, 4) is 0 Å². The fourth-order valence-electron chi connectivity index (χ4n) is 1.38. The van der Waals surface area contributed by atoms with Crippen LogP contribution in [0.5, 0.6) is 0 Å². The number of alkyl halides is 1. The van der Waals surface area contributed by atoms with Gasteiger partial charge in [0.1, 0.15) is 0 Å². The molecule has 1 aliphatic rings. The van der Waals surface area contributed by atoms with Gasteiger partial charge in [0.25, 0.3) is 0 Å². The summed E-state index contributed by atoms with van der Waals surface area (Å²) in [5, 5.41) is 1.09. The third-order valence-corrected chi connectivity index (χ3v) is 2.89. The summed E-state index contributed by atoms with van der Waals surface area (Å²) in [5.41, 5.74) is 0.167. The first-order chi connectivity index (χ1) is 7.14. The second kappa shape index (κ2) is 6.72. The Bertz CT molecular complexity index is 197. The van der Waals surface area contributed by atoms with E-state index in [2.05, 4.69) is 35.9 Å². The van der Waals surface area contributed by atoms with Gasteiger partial charge in [-0.3, -0.25) is 0 Å². The van der Waals surface area contributed by atoms with Crippen molar-refractivity contribution >= 4 is 23.0 Å². The normalized spacial score (nSPS) is 21.1. The zero-order valence-electron chi connectivity index (χ0n) is 9.67. The van der Waals surface area contributed by atoms with Crippen LogP contribution in [0, 0.1) is 5.41 Å². The highest BCUT2D eigenvalue weighted by molar-refractivity contribution is 9.09. The van der Waals surface area contributed by atoms with E-state index in [9.17, 15) is 0 Å². The van der Waals surface area contributed by atoms with E-state index in [1.807, 2.05) is 5.98 Å². The summed E-state index contributed by atoms with van der Waals surface area (Å²) in [7, 11) is -0.123. The summed E-state index contributed by atoms with van der Waals surface area (Å²) in [6.07, 6.45) is 5.72. The Morgan fingerprint density at radius 3 is 2.53 bits per heavy atom. The largest absolute Gasteiger partial charge is 0.485 e. The Kier molecular flexibility index (Phi) is 5.94. The lowest BCUT2D eigenvalue weighted by Crippen LogP contribution is -2.39. The summed E-state index contributed by atoms with van der Waals surface area (Å²) >= 11 is 3.42. The van der Waals surface area contributed by atoms with Crippen LogP contribution in [0.15, 0.2) is 12.1 Å². The number of hydrogen-bond donors (Lipinski definition) is 0. The molecule has 0 N–H and O–H groups in total. The van der Waals surface area contributed by atoms with Gasteiger partial charge >= 0.3 is 7.12 Å². The summed E-state index contributed by atoms with van der Waals surface area (Å²) < 4.78 is 11.2. The molecular formula is C11H20BBrO2. The van der Waals surface area contributed by atoms with E-state index in [4.69, 9.17) is 9.31 Å². The molecule has 0 aromatic heterocycles. The lowest BCUT2D eigenvalue weighted by Gasteiger charge is -2.31. The van der Waals surface area contributed by atoms with Gasteiger partial charge in [-0.2, -0.15) is 0 Å². The molecule has 15 heavy (non-hydrogen) atoms. The minimum atomic E-state index is -0.123. The van der Waals surface area contributed by atoms with Crippen molar-refractivity contribution < 1.29 is 9.31 Å². The molecule has 0 bridgehead atoms. The maximum Gasteiger partial charge on any atom is 0.485 e. The van der Waals surface area contributed by atoms with Crippen LogP contribution in [0.2, 0.25) is 0 Å². The lowest BCUT2D eigenvalue weighted by atomic mass is 9.83. The van der Waals surface area contributed by atoms with Crippen molar-refractivity contribution in [3.63, 3.8) is 0 Å². The Morgan fingerprint density at radius 1 is 1.27 bits per heavy atom. The highest BCUT2D eigenvalue weighted by atomic mass is 79.9. The van der Waals surface area contributed by atoms with E-state index in [1.54, 1.807) is 0 Å². The minimum absolute atomic E-state index is 0.123. The topological polar surface area (TPSA) is 18.5 Å². The summed E-state index contributed by atoms with van der Waals surface area (Å²) in [5.74, 6) is 2.03. The molecule has 0 unspecified atom stereocenters. The maximum atomic E-state index is 5.58. The number of rotatable bonds is 5. The van der Waals surface area contributed by atoms with Gasteiger partial charge in [-0.05, 0) is 19.3 Å². The first kappa shape index (κ1) is 13.3. The van der Waals surface area contributed by atoms with E-state index in [1.165, 1.54) is 12.8 Å². The third kappa shape index (κ3) is 5.74. The molecule has 0 aliphatic carbocycles. The van der Waals surface area contributed by atoms with Crippen LogP contribution in [0.4, 0.5) is 0 Å². The van der Waals surface area contributed by atoms with Gasteiger partial charge in [0.2, 0.25) is 0 Å². The molecule has 0 aromatic carbocycles. The molecule has 1 rings (SSSR count). The summed E-state index contributed by atoms with van der Waals surface area (Å²) in [6, 6.07) is 0. The average Bonchev–Trinajstić information content (AvgIpc) is 2.20. The molecule has 0 amide bonds. The molecule has 0 saturated carbocycles. The van der Waals surface area contributed by atoms with Gasteiger partial charge in [-0.25, -0.2) is 0 Å². The zero-order valence-corrected chi connectivity index (χ0v) is 11.3. The van der Waals surface area contributed by atoms with E-state index >= 15 is 0 Å². The lowest BCUT2D eigenvalue weighted by molar-refractivity contribution is 0.0336. The fraction of sp³-hybridized carbons (Fsp3) is 0.818.